The standard InChI is InChI=1S/C14H9Cl2FN2/c15-12-6-11(5-4-9(12)7-18)19-8-10-2-1-3-13(17)14(10)16/h1-6,19H,8H2. The van der Waals surface area contributed by atoms with Crippen molar-refractivity contribution in [3.8, 4) is 6.07 Å². The molecule has 0 fully saturated rings. The lowest BCUT2D eigenvalue weighted by Gasteiger charge is -2.09. The Morgan fingerprint density at radius 2 is 2.00 bits per heavy atom. The van der Waals surface area contributed by atoms with Crippen molar-refractivity contribution >= 4 is 28.9 Å². The van der Waals surface area contributed by atoms with Gasteiger partial charge in [0, 0.05) is 12.2 Å². The van der Waals surface area contributed by atoms with Crippen molar-refractivity contribution in [2.45, 2.75) is 6.54 Å². The smallest absolute Gasteiger partial charge is 0.142 e. The highest BCUT2D eigenvalue weighted by Gasteiger charge is 2.06. The van der Waals surface area contributed by atoms with Crippen LogP contribution >= 0.6 is 23.2 Å². The zero-order valence-corrected chi connectivity index (χ0v) is 11.3. The first kappa shape index (κ1) is 13.7. The molecule has 1 N–H and O–H groups in total. The number of hydrogen-bond donors (Lipinski definition) is 1. The summed E-state index contributed by atoms with van der Waals surface area (Å²) in [4.78, 5) is 0. The maximum atomic E-state index is 13.3. The number of anilines is 1. The SMILES string of the molecule is N#Cc1ccc(NCc2cccc(F)c2Cl)cc1Cl. The number of nitrogens with zero attached hydrogens (tertiary/aromatic N) is 1. The summed E-state index contributed by atoms with van der Waals surface area (Å²) in [5, 5.41) is 12.3. The first-order valence-corrected chi connectivity index (χ1v) is 6.24. The van der Waals surface area contributed by atoms with Gasteiger partial charge in [-0.15, -0.1) is 0 Å². The van der Waals surface area contributed by atoms with Gasteiger partial charge in [-0.1, -0.05) is 35.3 Å². The number of rotatable bonds is 3. The number of halogens is 3. The Hall–Kier alpha value is -1.76. The van der Waals surface area contributed by atoms with E-state index in [1.165, 1.54) is 6.07 Å². The lowest BCUT2D eigenvalue weighted by atomic mass is 10.2. The molecule has 19 heavy (non-hydrogen) atoms. The van der Waals surface area contributed by atoms with Crippen LogP contribution in [0.4, 0.5) is 10.1 Å². The van der Waals surface area contributed by atoms with Crippen LogP contribution in [0, 0.1) is 17.1 Å². The molecule has 0 saturated heterocycles. The lowest BCUT2D eigenvalue weighted by molar-refractivity contribution is 0.626. The van der Waals surface area contributed by atoms with E-state index in [0.29, 0.717) is 22.7 Å². The Morgan fingerprint density at radius 1 is 1.21 bits per heavy atom. The van der Waals surface area contributed by atoms with Gasteiger partial charge in [0.25, 0.3) is 0 Å². The van der Waals surface area contributed by atoms with E-state index in [4.69, 9.17) is 28.5 Å². The third kappa shape index (κ3) is 3.17. The van der Waals surface area contributed by atoms with Crippen molar-refractivity contribution in [3.05, 3.63) is 63.4 Å². The molecule has 0 amide bonds. The molecule has 0 aliphatic rings. The maximum absolute atomic E-state index is 13.3. The van der Waals surface area contributed by atoms with Crippen LogP contribution < -0.4 is 5.32 Å². The van der Waals surface area contributed by atoms with Crippen LogP contribution in [0.1, 0.15) is 11.1 Å². The Bertz CT molecular complexity index is 650. The Kier molecular flexibility index (Phi) is 4.26. The summed E-state index contributed by atoms with van der Waals surface area (Å²) >= 11 is 11.8. The van der Waals surface area contributed by atoms with Crippen LogP contribution in [-0.4, -0.2) is 0 Å². The Balaban J connectivity index is 2.13. The van der Waals surface area contributed by atoms with Crippen molar-refractivity contribution < 1.29 is 4.39 Å². The fourth-order valence-electron chi connectivity index (χ4n) is 1.60. The van der Waals surface area contributed by atoms with E-state index >= 15 is 0 Å². The molecule has 0 bridgehead atoms. The highest BCUT2D eigenvalue weighted by Crippen LogP contribution is 2.23. The molecule has 0 spiro atoms. The second-order valence-corrected chi connectivity index (χ2v) is 4.66. The van der Waals surface area contributed by atoms with Gasteiger partial charge in [-0.3, -0.25) is 0 Å². The van der Waals surface area contributed by atoms with Crippen LogP contribution in [-0.2, 0) is 6.54 Å². The van der Waals surface area contributed by atoms with E-state index in [2.05, 4.69) is 5.32 Å². The molecule has 2 nitrogen and oxygen atoms in total. The Morgan fingerprint density at radius 3 is 2.68 bits per heavy atom. The second kappa shape index (κ2) is 5.92. The van der Waals surface area contributed by atoms with Crippen LogP contribution in [0.3, 0.4) is 0 Å². The van der Waals surface area contributed by atoms with E-state index in [9.17, 15) is 4.39 Å². The predicted molar refractivity (Wildman–Crippen MR) is 74.9 cm³/mol. The second-order valence-electron chi connectivity index (χ2n) is 3.87. The normalized spacial score (nSPS) is 10.0. The van der Waals surface area contributed by atoms with Gasteiger partial charge in [0.05, 0.1) is 15.6 Å². The number of benzene rings is 2. The van der Waals surface area contributed by atoms with Gasteiger partial charge in [0.15, 0.2) is 0 Å². The number of nitrogens with one attached hydrogen (secondary N) is 1. The summed E-state index contributed by atoms with van der Waals surface area (Å²) in [7, 11) is 0. The lowest BCUT2D eigenvalue weighted by Crippen LogP contribution is -2.01. The average Bonchev–Trinajstić information content (AvgIpc) is 2.40. The molecule has 0 unspecified atom stereocenters. The van der Waals surface area contributed by atoms with Gasteiger partial charge in [-0.25, -0.2) is 4.39 Å². The number of nitriles is 1. The van der Waals surface area contributed by atoms with Crippen LogP contribution in [0.2, 0.25) is 10.0 Å². The summed E-state index contributed by atoms with van der Waals surface area (Å²) in [5.41, 5.74) is 1.81. The van der Waals surface area contributed by atoms with Crippen LogP contribution in [0.5, 0.6) is 0 Å². The molecular formula is C14H9Cl2FN2. The molecule has 5 heteroatoms. The van der Waals surface area contributed by atoms with E-state index in [1.54, 1.807) is 30.3 Å². The van der Waals surface area contributed by atoms with Crippen LogP contribution in [0.15, 0.2) is 36.4 Å². The highest BCUT2D eigenvalue weighted by molar-refractivity contribution is 6.32. The molecule has 0 aromatic heterocycles. The summed E-state index contributed by atoms with van der Waals surface area (Å²) in [6, 6.07) is 11.6. The summed E-state index contributed by atoms with van der Waals surface area (Å²) in [6.07, 6.45) is 0. The summed E-state index contributed by atoms with van der Waals surface area (Å²) in [5.74, 6) is -0.446. The van der Waals surface area contributed by atoms with Crippen molar-refractivity contribution in [2.24, 2.45) is 0 Å². The monoisotopic (exact) mass is 294 g/mol. The van der Waals surface area contributed by atoms with E-state index < -0.39 is 5.82 Å². The quantitative estimate of drug-likeness (QED) is 0.897. The first-order valence-electron chi connectivity index (χ1n) is 5.48. The first-order chi connectivity index (χ1) is 9.11. The molecule has 0 radical (unpaired) electrons. The maximum Gasteiger partial charge on any atom is 0.142 e. The zero-order chi connectivity index (χ0) is 13.8. The van der Waals surface area contributed by atoms with Gasteiger partial charge in [0.2, 0.25) is 0 Å². The topological polar surface area (TPSA) is 35.8 Å². The van der Waals surface area contributed by atoms with Crippen molar-refractivity contribution in [1.29, 1.82) is 5.26 Å². The van der Waals surface area contributed by atoms with E-state index in [-0.39, 0.29) is 5.02 Å². The van der Waals surface area contributed by atoms with Crippen molar-refractivity contribution in [2.75, 3.05) is 5.32 Å². The van der Waals surface area contributed by atoms with Gasteiger partial charge >= 0.3 is 0 Å². The zero-order valence-electron chi connectivity index (χ0n) is 9.75. The van der Waals surface area contributed by atoms with E-state index in [0.717, 1.165) is 5.69 Å². The van der Waals surface area contributed by atoms with Gasteiger partial charge in [-0.2, -0.15) is 5.26 Å². The van der Waals surface area contributed by atoms with Gasteiger partial charge in [-0.05, 0) is 29.8 Å². The molecule has 0 heterocycles. The molecule has 0 aliphatic heterocycles. The third-order valence-electron chi connectivity index (χ3n) is 2.60. The molecule has 96 valence electrons. The third-order valence-corrected chi connectivity index (χ3v) is 3.34. The molecule has 2 aromatic rings. The molecule has 0 saturated carbocycles. The number of hydrogen-bond acceptors (Lipinski definition) is 2. The molecule has 2 rings (SSSR count). The fourth-order valence-corrected chi connectivity index (χ4v) is 2.01. The highest BCUT2D eigenvalue weighted by atomic mass is 35.5. The van der Waals surface area contributed by atoms with Gasteiger partial charge < -0.3 is 5.32 Å². The van der Waals surface area contributed by atoms with Crippen LogP contribution in [0.25, 0.3) is 0 Å². The largest absolute Gasteiger partial charge is 0.381 e. The molecule has 0 atom stereocenters. The predicted octanol–water partition coefficient (Wildman–Crippen LogP) is 4.62. The van der Waals surface area contributed by atoms with Gasteiger partial charge in [0.1, 0.15) is 11.9 Å². The average molecular weight is 295 g/mol. The summed E-state index contributed by atoms with van der Waals surface area (Å²) in [6.45, 7) is 0.374. The molecule has 0 aliphatic carbocycles. The van der Waals surface area contributed by atoms with Crippen molar-refractivity contribution in [1.82, 2.24) is 0 Å². The van der Waals surface area contributed by atoms with Crippen molar-refractivity contribution in [3.63, 3.8) is 0 Å². The minimum atomic E-state index is -0.446. The molecular weight excluding hydrogens is 286 g/mol. The fraction of sp³-hybridized carbons (Fsp3) is 0.0714. The molecule has 2 aromatic carbocycles. The van der Waals surface area contributed by atoms with E-state index in [1.807, 2.05) is 6.07 Å². The summed E-state index contributed by atoms with van der Waals surface area (Å²) < 4.78 is 13.3. The Labute approximate surface area is 120 Å². The minimum absolute atomic E-state index is 0.106. The minimum Gasteiger partial charge on any atom is -0.381 e.